The summed E-state index contributed by atoms with van der Waals surface area (Å²) in [4.78, 5) is 37.0. The van der Waals surface area contributed by atoms with Gasteiger partial charge in [-0.1, -0.05) is 33.6 Å². The smallest absolute Gasteiger partial charge is 0.341 e. The number of ether oxygens (including phenoxy) is 1. The highest BCUT2D eigenvalue weighted by Crippen LogP contribution is 2.39. The monoisotopic (exact) mass is 577 g/mol. The summed E-state index contributed by atoms with van der Waals surface area (Å²) >= 11 is 13.3. The highest BCUT2D eigenvalue weighted by molar-refractivity contribution is 9.11. The fourth-order valence-corrected chi connectivity index (χ4v) is 5.02. The second-order valence-corrected chi connectivity index (χ2v) is 9.13. The van der Waals surface area contributed by atoms with Gasteiger partial charge >= 0.3 is 5.97 Å². The molecule has 6 nitrogen and oxygen atoms in total. The molecule has 1 aliphatic rings. The van der Waals surface area contributed by atoms with Gasteiger partial charge in [0, 0.05) is 20.6 Å². The summed E-state index contributed by atoms with van der Waals surface area (Å²) in [6.45, 7) is -0.896. The second kappa shape index (κ2) is 9.51. The topological polar surface area (TPSA) is 83.9 Å². The molecule has 0 unspecified atom stereocenters. The Kier molecular flexibility index (Phi) is 7.22. The average Bonchev–Trinajstić information content (AvgIpc) is 2.90. The van der Waals surface area contributed by atoms with Crippen molar-refractivity contribution >= 4 is 78.4 Å². The maximum absolute atomic E-state index is 14.1. The molecule has 30 heavy (non-hydrogen) atoms. The first-order valence-electron chi connectivity index (χ1n) is 8.19. The number of carboxylic acids is 1. The largest absolute Gasteiger partial charge is 0.480 e. The van der Waals surface area contributed by atoms with Crippen molar-refractivity contribution in [2.75, 3.05) is 6.61 Å². The van der Waals surface area contributed by atoms with E-state index >= 15 is 0 Å². The number of rotatable bonds is 6. The summed E-state index contributed by atoms with van der Waals surface area (Å²) < 4.78 is 20.5. The molecule has 0 radical (unpaired) electrons. The lowest BCUT2D eigenvalue weighted by Gasteiger charge is -2.14. The molecule has 1 saturated heterocycles. The number of thioether (sulfide) groups is 1. The Morgan fingerprint density at radius 2 is 2.03 bits per heavy atom. The molecule has 2 amide bonds. The number of carboxylic acid groups (broad SMARTS) is 1. The molecule has 2 aromatic carbocycles. The quantitative estimate of drug-likeness (QED) is 0.442. The SMILES string of the molecule is O=C(O)COc1c(Br)cc(Br)cc1/C=C1\SC(=O)N(Cc2c(F)cccc2Cl)C1=O. The van der Waals surface area contributed by atoms with Crippen LogP contribution >= 0.6 is 55.2 Å². The number of imide groups is 1. The van der Waals surface area contributed by atoms with Gasteiger partial charge in [-0.3, -0.25) is 14.5 Å². The van der Waals surface area contributed by atoms with Gasteiger partial charge in [-0.15, -0.1) is 0 Å². The third-order valence-corrected chi connectivity index (χ3v) is 6.22. The van der Waals surface area contributed by atoms with Crippen LogP contribution < -0.4 is 4.74 Å². The first kappa shape index (κ1) is 22.8. The third-order valence-electron chi connectivity index (χ3n) is 3.92. The zero-order valence-corrected chi connectivity index (χ0v) is 19.6. The number of nitrogens with zero attached hydrogens (tertiary/aromatic N) is 1. The standard InChI is InChI=1S/C19H11Br2ClFNO5S/c20-10-4-9(17(12(21)6-10)29-8-16(25)26)5-15-18(27)24(19(28)30-15)7-11-13(22)2-1-3-14(11)23/h1-6H,7-8H2,(H,25,26)/b15-5-. The lowest BCUT2D eigenvalue weighted by molar-refractivity contribution is -0.139. The predicted molar refractivity (Wildman–Crippen MR) is 118 cm³/mol. The van der Waals surface area contributed by atoms with Crippen LogP contribution in [-0.4, -0.2) is 33.7 Å². The molecule has 1 N–H and O–H groups in total. The van der Waals surface area contributed by atoms with E-state index in [1.54, 1.807) is 12.1 Å². The molecule has 1 heterocycles. The van der Waals surface area contributed by atoms with Crippen molar-refractivity contribution in [3.8, 4) is 5.75 Å². The Labute approximate surface area is 196 Å². The van der Waals surface area contributed by atoms with E-state index in [-0.39, 0.29) is 27.8 Å². The number of hydrogen-bond donors (Lipinski definition) is 1. The van der Waals surface area contributed by atoms with Gasteiger partial charge in [0.2, 0.25) is 0 Å². The van der Waals surface area contributed by atoms with Gasteiger partial charge in [-0.05, 0) is 58.0 Å². The Morgan fingerprint density at radius 3 is 2.70 bits per heavy atom. The lowest BCUT2D eigenvalue weighted by Crippen LogP contribution is -2.28. The summed E-state index contributed by atoms with van der Waals surface area (Å²) in [5.74, 6) is -2.21. The zero-order valence-electron chi connectivity index (χ0n) is 14.8. The van der Waals surface area contributed by atoms with Crippen LogP contribution in [0.5, 0.6) is 5.75 Å². The highest BCUT2D eigenvalue weighted by atomic mass is 79.9. The van der Waals surface area contributed by atoms with Gasteiger partial charge in [0.05, 0.1) is 15.9 Å². The number of carbonyl (C=O) groups excluding carboxylic acids is 2. The number of benzene rings is 2. The molecule has 0 aromatic heterocycles. The minimum absolute atomic E-state index is 0.0402. The van der Waals surface area contributed by atoms with E-state index in [0.717, 1.165) is 4.90 Å². The summed E-state index contributed by atoms with van der Waals surface area (Å²) in [6, 6.07) is 7.37. The number of carbonyl (C=O) groups is 3. The van der Waals surface area contributed by atoms with Gasteiger partial charge in [0.1, 0.15) is 11.6 Å². The third kappa shape index (κ3) is 5.05. The van der Waals surface area contributed by atoms with E-state index in [4.69, 9.17) is 21.4 Å². The van der Waals surface area contributed by atoms with Crippen LogP contribution in [0.3, 0.4) is 0 Å². The summed E-state index contributed by atoms with van der Waals surface area (Å²) in [5.41, 5.74) is 0.422. The maximum Gasteiger partial charge on any atom is 0.341 e. The maximum atomic E-state index is 14.1. The molecular weight excluding hydrogens is 569 g/mol. The molecule has 0 atom stereocenters. The van der Waals surface area contributed by atoms with Crippen LogP contribution in [0, 0.1) is 5.82 Å². The summed E-state index contributed by atoms with van der Waals surface area (Å²) in [7, 11) is 0. The molecule has 2 aromatic rings. The van der Waals surface area contributed by atoms with Crippen molar-refractivity contribution < 1.29 is 28.6 Å². The fraction of sp³-hybridized carbons (Fsp3) is 0.105. The molecule has 11 heteroatoms. The minimum atomic E-state index is -1.17. The summed E-state index contributed by atoms with van der Waals surface area (Å²) in [6.07, 6.45) is 1.42. The van der Waals surface area contributed by atoms with Crippen molar-refractivity contribution in [1.29, 1.82) is 0 Å². The van der Waals surface area contributed by atoms with Crippen molar-refractivity contribution in [2.24, 2.45) is 0 Å². The number of hydrogen-bond acceptors (Lipinski definition) is 5. The minimum Gasteiger partial charge on any atom is -0.480 e. The highest BCUT2D eigenvalue weighted by Gasteiger charge is 2.36. The Bertz CT molecular complexity index is 1070. The van der Waals surface area contributed by atoms with Crippen molar-refractivity contribution in [1.82, 2.24) is 4.90 Å². The van der Waals surface area contributed by atoms with E-state index < -0.39 is 29.5 Å². The molecule has 0 spiro atoms. The predicted octanol–water partition coefficient (Wildman–Crippen LogP) is 5.70. The van der Waals surface area contributed by atoms with Gasteiger partial charge in [0.15, 0.2) is 6.61 Å². The van der Waals surface area contributed by atoms with Crippen molar-refractivity contribution in [2.45, 2.75) is 6.54 Å². The molecule has 1 aliphatic heterocycles. The molecule has 0 saturated carbocycles. The van der Waals surface area contributed by atoms with Crippen LogP contribution in [0.1, 0.15) is 11.1 Å². The van der Waals surface area contributed by atoms with Crippen LogP contribution in [0.4, 0.5) is 9.18 Å². The average molecular weight is 580 g/mol. The van der Waals surface area contributed by atoms with Crippen LogP contribution in [-0.2, 0) is 16.1 Å². The van der Waals surface area contributed by atoms with Crippen LogP contribution in [0.15, 0.2) is 44.2 Å². The molecule has 3 rings (SSSR count). The van der Waals surface area contributed by atoms with Gasteiger partial charge in [0.25, 0.3) is 11.1 Å². The van der Waals surface area contributed by atoms with Gasteiger partial charge in [-0.25, -0.2) is 9.18 Å². The molecule has 0 aliphatic carbocycles. The number of halogens is 4. The van der Waals surface area contributed by atoms with E-state index in [1.807, 2.05) is 0 Å². The van der Waals surface area contributed by atoms with Gasteiger partial charge in [-0.2, -0.15) is 0 Å². The molecular formula is C19H11Br2ClFNO5S. The molecule has 156 valence electrons. The van der Waals surface area contributed by atoms with E-state index in [0.29, 0.717) is 26.3 Å². The van der Waals surface area contributed by atoms with E-state index in [2.05, 4.69) is 31.9 Å². The fourth-order valence-electron chi connectivity index (χ4n) is 2.59. The lowest BCUT2D eigenvalue weighted by atomic mass is 10.1. The Morgan fingerprint density at radius 1 is 1.30 bits per heavy atom. The number of amides is 2. The number of aliphatic carboxylic acids is 1. The second-order valence-electron chi connectivity index (χ2n) is 5.96. The Balaban J connectivity index is 1.93. The van der Waals surface area contributed by atoms with E-state index in [1.165, 1.54) is 24.3 Å². The first-order valence-corrected chi connectivity index (χ1v) is 11.0. The zero-order chi connectivity index (χ0) is 22.0. The van der Waals surface area contributed by atoms with Crippen molar-refractivity contribution in [3.05, 3.63) is 66.1 Å². The first-order chi connectivity index (χ1) is 14.2. The molecule has 1 fully saturated rings. The Hall–Kier alpha value is -1.88. The van der Waals surface area contributed by atoms with E-state index in [9.17, 15) is 18.8 Å². The molecule has 0 bridgehead atoms. The van der Waals surface area contributed by atoms with Crippen LogP contribution in [0.25, 0.3) is 6.08 Å². The van der Waals surface area contributed by atoms with Crippen molar-refractivity contribution in [3.63, 3.8) is 0 Å². The normalized spacial score (nSPS) is 15.2. The summed E-state index contributed by atoms with van der Waals surface area (Å²) in [5, 5.41) is 8.41. The van der Waals surface area contributed by atoms with Crippen LogP contribution in [0.2, 0.25) is 5.02 Å². The van der Waals surface area contributed by atoms with Gasteiger partial charge < -0.3 is 9.84 Å².